The Morgan fingerprint density at radius 1 is 1.39 bits per heavy atom. The highest BCUT2D eigenvalue weighted by Crippen LogP contribution is 2.34. The lowest BCUT2D eigenvalue weighted by Crippen LogP contribution is -2.03. The Morgan fingerprint density at radius 3 is 2.89 bits per heavy atom. The summed E-state index contributed by atoms with van der Waals surface area (Å²) in [5, 5.41) is 0.976. The highest BCUT2D eigenvalue weighted by molar-refractivity contribution is 9.10. The van der Waals surface area contributed by atoms with Gasteiger partial charge in [-0.3, -0.25) is 0 Å². The maximum absolute atomic E-state index is 5.86. The normalized spacial score (nSPS) is 15.0. The number of nitrogen functional groups attached to an aromatic ring is 1. The molecule has 0 atom stereocenters. The minimum absolute atomic E-state index is 0.290. The van der Waals surface area contributed by atoms with Crippen LogP contribution in [0.15, 0.2) is 16.6 Å². The van der Waals surface area contributed by atoms with Crippen LogP contribution in [-0.4, -0.2) is 16.6 Å². The summed E-state index contributed by atoms with van der Waals surface area (Å²) in [6, 6.07) is 3.94. The zero-order valence-corrected chi connectivity index (χ0v) is 11.7. The number of rotatable bonds is 3. The molecule has 1 aromatic carbocycles. The van der Waals surface area contributed by atoms with Crippen LogP contribution < -0.4 is 10.5 Å². The molecule has 0 radical (unpaired) electrons. The Kier molecular flexibility index (Phi) is 2.86. The summed E-state index contributed by atoms with van der Waals surface area (Å²) in [4.78, 5) is 8.48. The first kappa shape index (κ1) is 11.7. The number of nitrogens with two attached hydrogens (primary N) is 1. The number of nitrogens with zero attached hydrogens (tertiary/aromatic N) is 2. The van der Waals surface area contributed by atoms with Crippen molar-refractivity contribution in [1.29, 1.82) is 0 Å². The number of halogens is 1. The summed E-state index contributed by atoms with van der Waals surface area (Å²) in [5.74, 6) is 1.78. The van der Waals surface area contributed by atoms with Gasteiger partial charge >= 0.3 is 0 Å². The molecule has 94 valence electrons. The molecule has 0 spiro atoms. The molecule has 1 aliphatic carbocycles. The molecule has 1 heterocycles. The third kappa shape index (κ3) is 2.27. The quantitative estimate of drug-likeness (QED) is 0.946. The highest BCUT2D eigenvalue weighted by atomic mass is 79.9. The summed E-state index contributed by atoms with van der Waals surface area (Å²) < 4.78 is 6.83. The van der Waals surface area contributed by atoms with Gasteiger partial charge in [-0.05, 0) is 37.8 Å². The molecule has 1 aromatic heterocycles. The van der Waals surface area contributed by atoms with Crippen molar-refractivity contribution in [2.45, 2.75) is 19.8 Å². The molecular weight excluding hydrogens is 294 g/mol. The molecule has 4 nitrogen and oxygen atoms in total. The van der Waals surface area contributed by atoms with Crippen LogP contribution in [0.5, 0.6) is 5.75 Å². The first-order valence-corrected chi connectivity index (χ1v) is 6.79. The summed E-state index contributed by atoms with van der Waals surface area (Å²) in [7, 11) is 0. The Labute approximate surface area is 114 Å². The monoisotopic (exact) mass is 307 g/mol. The second kappa shape index (κ2) is 4.39. The van der Waals surface area contributed by atoms with Crippen LogP contribution in [0.25, 0.3) is 10.9 Å². The van der Waals surface area contributed by atoms with Gasteiger partial charge in [0.25, 0.3) is 0 Å². The Morgan fingerprint density at radius 2 is 2.17 bits per heavy atom. The third-order valence-corrected chi connectivity index (χ3v) is 3.57. The second-order valence-corrected chi connectivity index (χ2v) is 5.64. The van der Waals surface area contributed by atoms with Crippen LogP contribution in [0.4, 0.5) is 5.95 Å². The molecule has 5 heteroatoms. The van der Waals surface area contributed by atoms with Crippen molar-refractivity contribution in [2.75, 3.05) is 12.3 Å². The van der Waals surface area contributed by atoms with Crippen molar-refractivity contribution in [3.8, 4) is 5.75 Å². The maximum atomic E-state index is 5.86. The van der Waals surface area contributed by atoms with Crippen LogP contribution in [0, 0.1) is 12.8 Å². The number of anilines is 1. The largest absolute Gasteiger partial charge is 0.491 e. The molecule has 0 saturated heterocycles. The standard InChI is InChI=1S/C13H14BrN3O/c1-7-10-4-9(14)5-11(18-6-8-2-3-8)12(10)17-13(15)16-7/h4-5,8H,2-3,6H2,1H3,(H2,15,16,17). The molecule has 0 bridgehead atoms. The highest BCUT2D eigenvalue weighted by Gasteiger charge is 2.22. The molecule has 2 aromatic rings. The summed E-state index contributed by atoms with van der Waals surface area (Å²) in [6.07, 6.45) is 2.53. The van der Waals surface area contributed by atoms with Crippen molar-refractivity contribution in [3.05, 3.63) is 22.3 Å². The molecule has 0 aliphatic heterocycles. The molecule has 0 unspecified atom stereocenters. The third-order valence-electron chi connectivity index (χ3n) is 3.11. The first-order chi connectivity index (χ1) is 8.63. The van der Waals surface area contributed by atoms with Gasteiger partial charge in [-0.1, -0.05) is 15.9 Å². The van der Waals surface area contributed by atoms with E-state index in [-0.39, 0.29) is 0 Å². The fourth-order valence-electron chi connectivity index (χ4n) is 1.94. The van der Waals surface area contributed by atoms with Crippen molar-refractivity contribution in [2.24, 2.45) is 5.92 Å². The fraction of sp³-hybridized carbons (Fsp3) is 0.385. The number of aryl methyl sites for hydroxylation is 1. The first-order valence-electron chi connectivity index (χ1n) is 5.99. The van der Waals surface area contributed by atoms with Gasteiger partial charge in [-0.2, -0.15) is 0 Å². The average Bonchev–Trinajstić information content (AvgIpc) is 3.11. The maximum Gasteiger partial charge on any atom is 0.220 e. The molecular formula is C13H14BrN3O. The van der Waals surface area contributed by atoms with Gasteiger partial charge in [0.1, 0.15) is 11.3 Å². The molecule has 1 aliphatic rings. The number of hydrogen-bond acceptors (Lipinski definition) is 4. The van der Waals surface area contributed by atoms with E-state index in [1.54, 1.807) is 0 Å². The number of fused-ring (bicyclic) bond motifs is 1. The van der Waals surface area contributed by atoms with E-state index in [9.17, 15) is 0 Å². The van der Waals surface area contributed by atoms with E-state index in [1.165, 1.54) is 12.8 Å². The van der Waals surface area contributed by atoms with E-state index in [0.29, 0.717) is 11.9 Å². The lowest BCUT2D eigenvalue weighted by molar-refractivity contribution is 0.302. The van der Waals surface area contributed by atoms with Crippen molar-refractivity contribution in [3.63, 3.8) is 0 Å². The van der Waals surface area contributed by atoms with Crippen molar-refractivity contribution in [1.82, 2.24) is 9.97 Å². The zero-order chi connectivity index (χ0) is 12.7. The predicted octanol–water partition coefficient (Wildman–Crippen LogP) is 3.07. The summed E-state index contributed by atoms with van der Waals surface area (Å²) >= 11 is 3.49. The topological polar surface area (TPSA) is 61.0 Å². The van der Waals surface area contributed by atoms with E-state index in [2.05, 4.69) is 25.9 Å². The van der Waals surface area contributed by atoms with Crippen LogP contribution in [0.3, 0.4) is 0 Å². The SMILES string of the molecule is Cc1nc(N)nc2c(OCC3CC3)cc(Br)cc12. The van der Waals surface area contributed by atoms with E-state index in [0.717, 1.165) is 33.4 Å². The lowest BCUT2D eigenvalue weighted by Gasteiger charge is -2.10. The Hall–Kier alpha value is -1.36. The van der Waals surface area contributed by atoms with E-state index in [4.69, 9.17) is 10.5 Å². The molecule has 18 heavy (non-hydrogen) atoms. The van der Waals surface area contributed by atoms with E-state index in [1.807, 2.05) is 19.1 Å². The molecule has 2 N–H and O–H groups in total. The van der Waals surface area contributed by atoms with E-state index >= 15 is 0 Å². The van der Waals surface area contributed by atoms with Gasteiger partial charge in [0.05, 0.1) is 12.3 Å². The van der Waals surface area contributed by atoms with Gasteiger partial charge in [-0.25, -0.2) is 9.97 Å². The average molecular weight is 308 g/mol. The minimum Gasteiger partial charge on any atom is -0.491 e. The molecule has 1 fully saturated rings. The lowest BCUT2D eigenvalue weighted by atomic mass is 10.2. The Bertz CT molecular complexity index is 611. The van der Waals surface area contributed by atoms with E-state index < -0.39 is 0 Å². The number of benzene rings is 1. The van der Waals surface area contributed by atoms with Crippen LogP contribution in [0.1, 0.15) is 18.5 Å². The number of hydrogen-bond donors (Lipinski definition) is 1. The molecule has 1 saturated carbocycles. The minimum atomic E-state index is 0.290. The van der Waals surface area contributed by atoms with Crippen molar-refractivity contribution >= 4 is 32.8 Å². The Balaban J connectivity index is 2.09. The van der Waals surface area contributed by atoms with Gasteiger partial charge in [-0.15, -0.1) is 0 Å². The second-order valence-electron chi connectivity index (χ2n) is 4.72. The van der Waals surface area contributed by atoms with Crippen molar-refractivity contribution < 1.29 is 4.74 Å². The molecule has 0 amide bonds. The smallest absolute Gasteiger partial charge is 0.220 e. The van der Waals surface area contributed by atoms with Gasteiger partial charge in [0.15, 0.2) is 0 Å². The number of ether oxygens (including phenoxy) is 1. The predicted molar refractivity (Wildman–Crippen MR) is 74.6 cm³/mol. The van der Waals surface area contributed by atoms with Crippen LogP contribution in [-0.2, 0) is 0 Å². The molecule has 3 rings (SSSR count). The summed E-state index contributed by atoms with van der Waals surface area (Å²) in [5.41, 5.74) is 7.38. The van der Waals surface area contributed by atoms with Gasteiger partial charge < -0.3 is 10.5 Å². The van der Waals surface area contributed by atoms with Gasteiger partial charge in [0, 0.05) is 9.86 Å². The number of aromatic nitrogens is 2. The van der Waals surface area contributed by atoms with Gasteiger partial charge in [0.2, 0.25) is 5.95 Å². The van der Waals surface area contributed by atoms with Crippen LogP contribution in [0.2, 0.25) is 0 Å². The van der Waals surface area contributed by atoms with Crippen LogP contribution >= 0.6 is 15.9 Å². The fourth-order valence-corrected chi connectivity index (χ4v) is 2.38. The zero-order valence-electron chi connectivity index (χ0n) is 10.1. The summed E-state index contributed by atoms with van der Waals surface area (Å²) in [6.45, 7) is 2.69.